The van der Waals surface area contributed by atoms with Gasteiger partial charge in [0.2, 0.25) is 0 Å². The summed E-state index contributed by atoms with van der Waals surface area (Å²) in [6, 6.07) is 22.0. The lowest BCUT2D eigenvalue weighted by atomic mass is 10.2. The lowest BCUT2D eigenvalue weighted by molar-refractivity contribution is 0.885. The van der Waals surface area contributed by atoms with Gasteiger partial charge in [0.25, 0.3) is 0 Å². The molecule has 0 unspecified atom stereocenters. The van der Waals surface area contributed by atoms with Crippen molar-refractivity contribution in [2.45, 2.75) is 17.8 Å². The van der Waals surface area contributed by atoms with Crippen LogP contribution in [0.25, 0.3) is 17.1 Å². The van der Waals surface area contributed by atoms with Gasteiger partial charge in [-0.25, -0.2) is 0 Å². The number of hydrogen-bond donors (Lipinski definition) is 0. The first-order valence-electron chi connectivity index (χ1n) is 8.79. The molecule has 28 heavy (non-hydrogen) atoms. The predicted octanol–water partition coefficient (Wildman–Crippen LogP) is 4.80. The Balaban J connectivity index is 1.71. The third-order valence-electron chi connectivity index (χ3n) is 4.27. The fourth-order valence-corrected chi connectivity index (χ4v) is 3.75. The molecule has 0 aliphatic carbocycles. The highest BCUT2D eigenvalue weighted by atomic mass is 32.2. The number of nitriles is 1. The van der Waals surface area contributed by atoms with E-state index in [2.05, 4.69) is 57.0 Å². The average molecular weight is 383 g/mol. The average Bonchev–Trinajstić information content (AvgIpc) is 3.17. The van der Waals surface area contributed by atoms with Crippen LogP contribution >= 0.6 is 11.8 Å². The molecule has 0 fully saturated rings. The number of hydrogen-bond acceptors (Lipinski definition) is 5. The zero-order valence-electron chi connectivity index (χ0n) is 15.3. The Morgan fingerprint density at radius 1 is 1.04 bits per heavy atom. The second kappa shape index (κ2) is 8.07. The smallest absolute Gasteiger partial charge is 0.196 e. The normalized spacial score (nSPS) is 10.6. The van der Waals surface area contributed by atoms with E-state index in [-0.39, 0.29) is 0 Å². The van der Waals surface area contributed by atoms with E-state index in [1.807, 2.05) is 36.4 Å². The molecule has 4 aromatic rings. The zero-order chi connectivity index (χ0) is 19.3. The van der Waals surface area contributed by atoms with Gasteiger partial charge in [-0.05, 0) is 48.9 Å². The highest BCUT2D eigenvalue weighted by molar-refractivity contribution is 7.98. The number of rotatable bonds is 5. The third-order valence-corrected chi connectivity index (χ3v) is 5.27. The summed E-state index contributed by atoms with van der Waals surface area (Å²) in [6.45, 7) is 2.07. The quantitative estimate of drug-likeness (QED) is 0.463. The first-order valence-corrected chi connectivity index (χ1v) is 9.78. The molecule has 0 spiro atoms. The number of aryl methyl sites for hydroxylation is 1. The van der Waals surface area contributed by atoms with E-state index < -0.39 is 0 Å². The Morgan fingerprint density at radius 3 is 2.64 bits per heavy atom. The summed E-state index contributed by atoms with van der Waals surface area (Å²) in [7, 11) is 0. The molecule has 0 aliphatic rings. The predicted molar refractivity (Wildman–Crippen MR) is 110 cm³/mol. The molecular formula is C22H17N5S. The van der Waals surface area contributed by atoms with Gasteiger partial charge in [-0.2, -0.15) is 5.26 Å². The van der Waals surface area contributed by atoms with E-state index in [0.29, 0.717) is 11.3 Å². The monoisotopic (exact) mass is 383 g/mol. The standard InChI is InChI=1S/C22H17N5S/c1-16-7-9-20(10-8-16)27-21(19-6-3-11-24-14-19)25-26-22(27)28-15-18-5-2-4-17(12-18)13-23/h2-12,14H,15H2,1H3. The highest BCUT2D eigenvalue weighted by Crippen LogP contribution is 2.29. The zero-order valence-corrected chi connectivity index (χ0v) is 16.1. The van der Waals surface area contributed by atoms with Crippen molar-refractivity contribution in [1.82, 2.24) is 19.7 Å². The summed E-state index contributed by atoms with van der Waals surface area (Å²) in [5, 5.41) is 18.8. The molecule has 2 heterocycles. The van der Waals surface area contributed by atoms with Crippen LogP contribution in [0.5, 0.6) is 0 Å². The van der Waals surface area contributed by atoms with Crippen molar-refractivity contribution >= 4 is 11.8 Å². The van der Waals surface area contributed by atoms with Gasteiger partial charge in [0.1, 0.15) is 0 Å². The molecule has 136 valence electrons. The lowest BCUT2D eigenvalue weighted by Crippen LogP contribution is -2.00. The van der Waals surface area contributed by atoms with Crippen LogP contribution in [0.1, 0.15) is 16.7 Å². The highest BCUT2D eigenvalue weighted by Gasteiger charge is 2.16. The molecule has 6 heteroatoms. The maximum atomic E-state index is 9.10. The summed E-state index contributed by atoms with van der Waals surface area (Å²) in [5.74, 6) is 1.46. The number of thioether (sulfide) groups is 1. The molecule has 0 radical (unpaired) electrons. The van der Waals surface area contributed by atoms with Crippen LogP contribution in [-0.2, 0) is 5.75 Å². The Morgan fingerprint density at radius 2 is 1.89 bits per heavy atom. The molecule has 2 aromatic carbocycles. The summed E-state index contributed by atoms with van der Waals surface area (Å²) in [4.78, 5) is 4.21. The van der Waals surface area contributed by atoms with Crippen LogP contribution in [-0.4, -0.2) is 19.7 Å². The van der Waals surface area contributed by atoms with E-state index in [9.17, 15) is 0 Å². The molecule has 0 saturated carbocycles. The molecule has 0 amide bonds. The molecule has 2 aromatic heterocycles. The van der Waals surface area contributed by atoms with Gasteiger partial charge in [0.05, 0.1) is 11.6 Å². The van der Waals surface area contributed by atoms with E-state index >= 15 is 0 Å². The second-order valence-corrected chi connectivity index (χ2v) is 7.26. The maximum Gasteiger partial charge on any atom is 0.196 e. The van der Waals surface area contributed by atoms with Gasteiger partial charge in [0, 0.05) is 29.4 Å². The topological polar surface area (TPSA) is 67.4 Å². The minimum absolute atomic E-state index is 0.661. The minimum atomic E-state index is 0.661. The third kappa shape index (κ3) is 3.80. The maximum absolute atomic E-state index is 9.10. The van der Waals surface area contributed by atoms with Gasteiger partial charge in [-0.15, -0.1) is 10.2 Å². The second-order valence-electron chi connectivity index (χ2n) is 6.32. The summed E-state index contributed by atoms with van der Waals surface area (Å²) >= 11 is 1.59. The molecule has 0 N–H and O–H groups in total. The Labute approximate surface area is 167 Å². The van der Waals surface area contributed by atoms with Crippen LogP contribution in [0.4, 0.5) is 0 Å². The van der Waals surface area contributed by atoms with Crippen molar-refractivity contribution in [2.75, 3.05) is 0 Å². The molecule has 0 bridgehead atoms. The van der Waals surface area contributed by atoms with E-state index in [1.165, 1.54) is 5.56 Å². The first-order chi connectivity index (χ1) is 13.7. The Bertz CT molecular complexity index is 1130. The number of aromatic nitrogens is 4. The number of pyridine rings is 1. The van der Waals surface area contributed by atoms with Crippen LogP contribution in [0.2, 0.25) is 0 Å². The summed E-state index contributed by atoms with van der Waals surface area (Å²) in [5.41, 5.74) is 4.85. The van der Waals surface area contributed by atoms with Crippen LogP contribution in [0.15, 0.2) is 78.2 Å². The Kier molecular flexibility index (Phi) is 5.18. The van der Waals surface area contributed by atoms with Gasteiger partial charge in [-0.3, -0.25) is 9.55 Å². The fraction of sp³-hybridized carbons (Fsp3) is 0.0909. The Hall–Kier alpha value is -3.43. The van der Waals surface area contributed by atoms with Crippen molar-refractivity contribution in [3.63, 3.8) is 0 Å². The van der Waals surface area contributed by atoms with Crippen molar-refractivity contribution < 1.29 is 0 Å². The van der Waals surface area contributed by atoms with E-state index in [4.69, 9.17) is 5.26 Å². The molecule has 0 aliphatic heterocycles. The van der Waals surface area contributed by atoms with Gasteiger partial charge in [0.15, 0.2) is 11.0 Å². The van der Waals surface area contributed by atoms with Crippen molar-refractivity contribution in [3.05, 3.63) is 89.7 Å². The summed E-state index contributed by atoms with van der Waals surface area (Å²) in [6.07, 6.45) is 3.54. The lowest BCUT2D eigenvalue weighted by Gasteiger charge is -2.10. The van der Waals surface area contributed by atoms with Crippen LogP contribution < -0.4 is 0 Å². The number of benzene rings is 2. The van der Waals surface area contributed by atoms with Crippen LogP contribution in [0.3, 0.4) is 0 Å². The molecule has 0 atom stereocenters. The summed E-state index contributed by atoms with van der Waals surface area (Å²) < 4.78 is 2.05. The van der Waals surface area contributed by atoms with E-state index in [0.717, 1.165) is 27.8 Å². The SMILES string of the molecule is Cc1ccc(-n2c(SCc3cccc(C#N)c3)nnc2-c2cccnc2)cc1. The van der Waals surface area contributed by atoms with Crippen molar-refractivity contribution in [1.29, 1.82) is 5.26 Å². The molecule has 0 saturated heterocycles. The molecule has 5 nitrogen and oxygen atoms in total. The van der Waals surface area contributed by atoms with Crippen molar-refractivity contribution in [3.8, 4) is 23.1 Å². The van der Waals surface area contributed by atoms with Gasteiger partial charge >= 0.3 is 0 Å². The van der Waals surface area contributed by atoms with E-state index in [1.54, 1.807) is 24.2 Å². The first kappa shape index (κ1) is 18.0. The van der Waals surface area contributed by atoms with Crippen LogP contribution in [0, 0.1) is 18.3 Å². The minimum Gasteiger partial charge on any atom is -0.270 e. The largest absolute Gasteiger partial charge is 0.270 e. The van der Waals surface area contributed by atoms with Gasteiger partial charge < -0.3 is 0 Å². The van der Waals surface area contributed by atoms with Gasteiger partial charge in [-0.1, -0.05) is 41.6 Å². The van der Waals surface area contributed by atoms with Crippen molar-refractivity contribution in [2.24, 2.45) is 0 Å². The number of nitrogens with zero attached hydrogens (tertiary/aromatic N) is 5. The fourth-order valence-electron chi connectivity index (χ4n) is 2.85. The molecule has 4 rings (SSSR count). The molecular weight excluding hydrogens is 366 g/mol.